The van der Waals surface area contributed by atoms with Crippen LogP contribution in [0.5, 0.6) is 0 Å². The zero-order chi connectivity index (χ0) is 19.4. The van der Waals surface area contributed by atoms with Crippen LogP contribution < -0.4 is 0 Å². The molecular formula is C19H27ClFN3OS. The summed E-state index contributed by atoms with van der Waals surface area (Å²) in [4.78, 5) is 4.01. The van der Waals surface area contributed by atoms with Crippen LogP contribution in [0.3, 0.4) is 0 Å². The Morgan fingerprint density at radius 3 is 2.54 bits per heavy atom. The van der Waals surface area contributed by atoms with E-state index in [2.05, 4.69) is 22.7 Å². The first-order valence-corrected chi connectivity index (χ1v) is 9.68. The van der Waals surface area contributed by atoms with Crippen LogP contribution in [0.2, 0.25) is 5.02 Å². The van der Waals surface area contributed by atoms with Crippen LogP contribution in [0, 0.1) is 11.2 Å². The zero-order valence-corrected chi connectivity index (χ0v) is 17.2. The molecular weight excluding hydrogens is 373 g/mol. The fourth-order valence-electron chi connectivity index (χ4n) is 2.94. The van der Waals surface area contributed by atoms with Crippen LogP contribution in [0.1, 0.15) is 52.0 Å². The molecule has 1 atom stereocenters. The molecule has 0 saturated heterocycles. The van der Waals surface area contributed by atoms with Crippen molar-refractivity contribution in [3.8, 4) is 0 Å². The quantitative estimate of drug-likeness (QED) is 0.488. The Labute approximate surface area is 165 Å². The summed E-state index contributed by atoms with van der Waals surface area (Å²) >= 11 is 10.3. The standard InChI is InChI=1S/C19H27ClFN3OS/c1-18(2,3)19(25,12-24-17(26)22-13-23-24)10-6-4-5-7-14-8-9-15(21)11-16(14)20/h8-9,11,13,25H,4-7,10,12H2,1-3H3,(H,22,23,26). The van der Waals surface area contributed by atoms with Gasteiger partial charge in [0.15, 0.2) is 5.16 Å². The molecule has 0 radical (unpaired) electrons. The Morgan fingerprint density at radius 2 is 1.96 bits per heavy atom. The van der Waals surface area contributed by atoms with Gasteiger partial charge in [0, 0.05) is 5.02 Å². The minimum Gasteiger partial charge on any atom is -0.387 e. The van der Waals surface area contributed by atoms with E-state index in [1.54, 1.807) is 10.7 Å². The van der Waals surface area contributed by atoms with Crippen molar-refractivity contribution in [2.75, 3.05) is 0 Å². The molecule has 0 fully saturated rings. The van der Waals surface area contributed by atoms with Crippen molar-refractivity contribution in [2.45, 2.75) is 70.2 Å². The van der Waals surface area contributed by atoms with E-state index in [0.29, 0.717) is 23.1 Å². The normalized spacial score (nSPS) is 14.4. The summed E-state index contributed by atoms with van der Waals surface area (Å²) in [5.41, 5.74) is -0.257. The van der Waals surface area contributed by atoms with E-state index in [1.807, 2.05) is 20.8 Å². The zero-order valence-electron chi connectivity index (χ0n) is 15.5. The Hall–Kier alpha value is -1.11. The summed E-state index contributed by atoms with van der Waals surface area (Å²) in [5.74, 6) is -0.314. The lowest BCUT2D eigenvalue weighted by Gasteiger charge is -2.40. The fraction of sp³-hybridized carbons (Fsp3) is 0.579. The molecule has 0 bridgehead atoms. The highest BCUT2D eigenvalue weighted by Gasteiger charge is 2.40. The van der Waals surface area contributed by atoms with Crippen LogP contribution in [0.25, 0.3) is 0 Å². The molecule has 0 aliphatic rings. The minimum absolute atomic E-state index is 0.306. The van der Waals surface area contributed by atoms with E-state index < -0.39 is 5.60 Å². The monoisotopic (exact) mass is 399 g/mol. The number of benzene rings is 1. The second-order valence-electron chi connectivity index (χ2n) is 7.80. The molecule has 0 amide bonds. The predicted molar refractivity (Wildman–Crippen MR) is 105 cm³/mol. The lowest BCUT2D eigenvalue weighted by Crippen LogP contribution is -2.46. The molecule has 2 rings (SSSR count). The average Bonchev–Trinajstić information content (AvgIpc) is 2.92. The maximum absolute atomic E-state index is 13.1. The Morgan fingerprint density at radius 1 is 1.23 bits per heavy atom. The number of hydrogen-bond acceptors (Lipinski definition) is 4. The van der Waals surface area contributed by atoms with Crippen molar-refractivity contribution < 1.29 is 9.50 Å². The third kappa shape index (κ3) is 5.44. The first-order valence-electron chi connectivity index (χ1n) is 8.85. The molecule has 1 unspecified atom stereocenters. The van der Waals surface area contributed by atoms with Crippen LogP contribution in [0.15, 0.2) is 29.7 Å². The van der Waals surface area contributed by atoms with Gasteiger partial charge >= 0.3 is 0 Å². The van der Waals surface area contributed by atoms with Crippen molar-refractivity contribution in [3.63, 3.8) is 0 Å². The van der Waals surface area contributed by atoms with Gasteiger partial charge in [0.05, 0.1) is 12.1 Å². The summed E-state index contributed by atoms with van der Waals surface area (Å²) in [6.45, 7) is 6.44. The maximum atomic E-state index is 13.1. The van der Waals surface area contributed by atoms with Gasteiger partial charge in [-0.05, 0) is 42.4 Å². The minimum atomic E-state index is -0.911. The van der Waals surface area contributed by atoms with E-state index in [4.69, 9.17) is 11.6 Å². The molecule has 1 heterocycles. The second kappa shape index (κ2) is 8.72. The number of hydrogen-bond donors (Lipinski definition) is 2. The number of thiol groups is 1. The lowest BCUT2D eigenvalue weighted by atomic mass is 9.73. The van der Waals surface area contributed by atoms with E-state index in [1.165, 1.54) is 18.5 Å². The second-order valence-corrected chi connectivity index (χ2v) is 8.60. The van der Waals surface area contributed by atoms with Crippen LogP contribution in [0.4, 0.5) is 4.39 Å². The summed E-state index contributed by atoms with van der Waals surface area (Å²) in [5, 5.41) is 16.4. The van der Waals surface area contributed by atoms with E-state index >= 15 is 0 Å². The highest BCUT2D eigenvalue weighted by atomic mass is 35.5. The van der Waals surface area contributed by atoms with Gasteiger partial charge in [0.2, 0.25) is 0 Å². The molecule has 2 aromatic rings. The largest absolute Gasteiger partial charge is 0.387 e. The molecule has 4 nitrogen and oxygen atoms in total. The van der Waals surface area contributed by atoms with Gasteiger partial charge in [-0.15, -0.1) is 12.6 Å². The molecule has 0 spiro atoms. The van der Waals surface area contributed by atoms with Crippen LogP contribution >= 0.6 is 24.2 Å². The molecule has 144 valence electrons. The number of aliphatic hydroxyl groups is 1. The number of halogens is 2. The molecule has 1 N–H and O–H groups in total. The molecule has 0 aliphatic heterocycles. The number of aryl methyl sites for hydroxylation is 1. The third-order valence-electron chi connectivity index (χ3n) is 4.95. The predicted octanol–water partition coefficient (Wildman–Crippen LogP) is 4.94. The number of unbranched alkanes of at least 4 members (excludes halogenated alkanes) is 2. The molecule has 1 aromatic carbocycles. The van der Waals surface area contributed by atoms with Crippen molar-refractivity contribution >= 4 is 24.2 Å². The van der Waals surface area contributed by atoms with Crippen molar-refractivity contribution in [2.24, 2.45) is 5.41 Å². The van der Waals surface area contributed by atoms with Crippen LogP contribution in [-0.4, -0.2) is 25.5 Å². The fourth-order valence-corrected chi connectivity index (χ4v) is 3.38. The van der Waals surface area contributed by atoms with Crippen molar-refractivity contribution in [1.82, 2.24) is 14.8 Å². The van der Waals surface area contributed by atoms with Gasteiger partial charge in [0.25, 0.3) is 0 Å². The van der Waals surface area contributed by atoms with Crippen LogP contribution in [-0.2, 0) is 13.0 Å². The average molecular weight is 400 g/mol. The summed E-state index contributed by atoms with van der Waals surface area (Å²) in [7, 11) is 0. The first kappa shape index (κ1) is 21.2. The Kier molecular flexibility index (Phi) is 7.11. The SMILES string of the molecule is CC(C)(C)C(O)(CCCCCc1ccc(F)cc1Cl)Cn1ncnc1S. The summed E-state index contributed by atoms with van der Waals surface area (Å²) in [6.07, 6.45) is 5.67. The smallest absolute Gasteiger partial charge is 0.183 e. The van der Waals surface area contributed by atoms with E-state index in [0.717, 1.165) is 31.2 Å². The Balaban J connectivity index is 1.88. The molecule has 0 saturated carbocycles. The van der Waals surface area contributed by atoms with Gasteiger partial charge in [0.1, 0.15) is 12.1 Å². The molecule has 26 heavy (non-hydrogen) atoms. The van der Waals surface area contributed by atoms with Gasteiger partial charge < -0.3 is 5.11 Å². The molecule has 1 aromatic heterocycles. The van der Waals surface area contributed by atoms with Crippen molar-refractivity contribution in [3.05, 3.63) is 40.9 Å². The Bertz CT molecular complexity index is 732. The first-order chi connectivity index (χ1) is 12.1. The van der Waals surface area contributed by atoms with Gasteiger partial charge in [-0.1, -0.05) is 51.3 Å². The molecule has 7 heteroatoms. The maximum Gasteiger partial charge on any atom is 0.183 e. The highest BCUT2D eigenvalue weighted by molar-refractivity contribution is 7.80. The van der Waals surface area contributed by atoms with Gasteiger partial charge in [-0.3, -0.25) is 0 Å². The summed E-state index contributed by atoms with van der Waals surface area (Å²) < 4.78 is 14.7. The lowest BCUT2D eigenvalue weighted by molar-refractivity contribution is -0.0830. The molecule has 0 aliphatic carbocycles. The number of nitrogens with zero attached hydrogens (tertiary/aromatic N) is 3. The summed E-state index contributed by atoms with van der Waals surface area (Å²) in [6, 6.07) is 4.53. The van der Waals surface area contributed by atoms with E-state index in [-0.39, 0.29) is 11.2 Å². The number of rotatable bonds is 8. The third-order valence-corrected chi connectivity index (χ3v) is 5.65. The topological polar surface area (TPSA) is 50.9 Å². The van der Waals surface area contributed by atoms with Gasteiger partial charge in [-0.25, -0.2) is 14.1 Å². The number of aromatic nitrogens is 3. The van der Waals surface area contributed by atoms with E-state index in [9.17, 15) is 9.50 Å². The van der Waals surface area contributed by atoms with Crippen molar-refractivity contribution in [1.29, 1.82) is 0 Å². The highest BCUT2D eigenvalue weighted by Crippen LogP contribution is 2.36. The van der Waals surface area contributed by atoms with Gasteiger partial charge in [-0.2, -0.15) is 5.10 Å².